The second-order valence-electron chi connectivity index (χ2n) is 6.45. The van der Waals surface area contributed by atoms with E-state index in [1.165, 1.54) is 16.8 Å². The molecule has 3 heterocycles. The zero-order valence-corrected chi connectivity index (χ0v) is 17.0. The van der Waals surface area contributed by atoms with Crippen LogP contribution in [0.2, 0.25) is 0 Å². The van der Waals surface area contributed by atoms with E-state index in [9.17, 15) is 0 Å². The quantitative estimate of drug-likeness (QED) is 0.286. The lowest BCUT2D eigenvalue weighted by atomic mass is 10.1. The number of fused-ring (bicyclic) bond motifs is 3. The molecule has 0 aliphatic carbocycles. The van der Waals surface area contributed by atoms with Gasteiger partial charge in [0, 0.05) is 12.1 Å². The summed E-state index contributed by atoms with van der Waals surface area (Å²) in [5.74, 6) is 0. The summed E-state index contributed by atoms with van der Waals surface area (Å²) >= 11 is 0. The van der Waals surface area contributed by atoms with Gasteiger partial charge in [0.1, 0.15) is 5.69 Å². The number of rotatable bonds is 2. The number of hydrogen-bond donors (Lipinski definition) is 0. The Morgan fingerprint density at radius 1 is 0.852 bits per heavy atom. The van der Waals surface area contributed by atoms with Gasteiger partial charge in [-0.05, 0) is 36.8 Å². The number of pyridine rings is 1. The fraction of sp³-hybridized carbons (Fsp3) is 0.0435. The van der Waals surface area contributed by atoms with Gasteiger partial charge >= 0.3 is 0 Å². The molecule has 1 aliphatic rings. The number of hydrogen-bond acceptors (Lipinski definition) is 1. The molecule has 0 spiro atoms. The van der Waals surface area contributed by atoms with Crippen LogP contribution in [0, 0.1) is 6.92 Å². The summed E-state index contributed by atoms with van der Waals surface area (Å²) in [6, 6.07) is 27.1. The molecule has 27 heavy (non-hydrogen) atoms. The van der Waals surface area contributed by atoms with Crippen LogP contribution in [0.1, 0.15) is 22.6 Å². The van der Waals surface area contributed by atoms with E-state index in [2.05, 4.69) is 95.2 Å². The highest BCUT2D eigenvalue weighted by atomic mass is 127. The molecule has 0 unspecified atom stereocenters. The van der Waals surface area contributed by atoms with E-state index in [4.69, 9.17) is 5.10 Å². The van der Waals surface area contributed by atoms with Gasteiger partial charge in [-0.2, -0.15) is 9.67 Å². The van der Waals surface area contributed by atoms with Crippen molar-refractivity contribution in [3.8, 4) is 11.4 Å². The third-order valence-corrected chi connectivity index (χ3v) is 4.77. The van der Waals surface area contributed by atoms with Crippen LogP contribution in [0.15, 0.2) is 85.1 Å². The first kappa shape index (κ1) is 17.7. The van der Waals surface area contributed by atoms with E-state index in [1.54, 1.807) is 0 Å². The molecule has 5 rings (SSSR count). The van der Waals surface area contributed by atoms with Crippen molar-refractivity contribution >= 4 is 11.6 Å². The van der Waals surface area contributed by atoms with Crippen LogP contribution in [-0.4, -0.2) is 9.78 Å². The maximum absolute atomic E-state index is 4.85. The monoisotopic (exact) mass is 463 g/mol. The van der Waals surface area contributed by atoms with Crippen molar-refractivity contribution in [2.45, 2.75) is 6.92 Å². The van der Waals surface area contributed by atoms with Gasteiger partial charge in [0.25, 0.3) is 5.69 Å². The summed E-state index contributed by atoms with van der Waals surface area (Å²) in [6.45, 7) is 2.08. The van der Waals surface area contributed by atoms with Gasteiger partial charge in [0.2, 0.25) is 5.69 Å². The minimum atomic E-state index is 0. The minimum Gasteiger partial charge on any atom is -1.00 e. The van der Waals surface area contributed by atoms with E-state index in [0.29, 0.717) is 0 Å². The first-order valence-electron chi connectivity index (χ1n) is 8.76. The Hall–Kier alpha value is -2.73. The van der Waals surface area contributed by atoms with Crippen LogP contribution in [0.5, 0.6) is 0 Å². The minimum absolute atomic E-state index is 0. The molecular formula is C23H18IN3. The largest absolute Gasteiger partial charge is 1.00 e. The van der Waals surface area contributed by atoms with Gasteiger partial charge < -0.3 is 24.0 Å². The Labute approximate surface area is 175 Å². The predicted octanol–water partition coefficient (Wildman–Crippen LogP) is 1.36. The molecule has 0 atom stereocenters. The average molecular weight is 463 g/mol. The number of benzene rings is 2. The Kier molecular flexibility index (Phi) is 4.66. The summed E-state index contributed by atoms with van der Waals surface area (Å²) in [6.07, 6.45) is 4.36. The molecule has 0 saturated heterocycles. The Bertz CT molecular complexity index is 1130. The maximum Gasteiger partial charge on any atom is 0.261 e. The summed E-state index contributed by atoms with van der Waals surface area (Å²) in [5.41, 5.74) is 7.97. The standard InChI is InChI=1S/C23H18N3.HI/c1-17-22-23(26(24-17)19-12-6-3-7-13-19)20(16-18-10-4-2-5-11-18)21-14-8-9-15-25(21)22;/h2-16H,1H3;1H/q+1;/p-1. The van der Waals surface area contributed by atoms with Crippen LogP contribution >= 0.6 is 0 Å². The second kappa shape index (κ2) is 7.12. The van der Waals surface area contributed by atoms with Gasteiger partial charge in [-0.1, -0.05) is 48.5 Å². The fourth-order valence-corrected chi connectivity index (χ4v) is 3.64. The van der Waals surface area contributed by atoms with Crippen LogP contribution in [-0.2, 0) is 0 Å². The molecule has 0 radical (unpaired) electrons. The molecule has 3 nitrogen and oxygen atoms in total. The van der Waals surface area contributed by atoms with Crippen LogP contribution < -0.4 is 28.5 Å². The third-order valence-electron chi connectivity index (χ3n) is 4.77. The highest BCUT2D eigenvalue weighted by molar-refractivity contribution is 5.93. The van der Waals surface area contributed by atoms with E-state index in [1.807, 2.05) is 12.1 Å². The molecule has 0 bridgehead atoms. The van der Waals surface area contributed by atoms with E-state index >= 15 is 0 Å². The molecule has 0 amide bonds. The van der Waals surface area contributed by atoms with Gasteiger partial charge in [-0.15, -0.1) is 0 Å². The molecule has 0 N–H and O–H groups in total. The van der Waals surface area contributed by atoms with Crippen molar-refractivity contribution in [2.24, 2.45) is 0 Å². The normalized spacial score (nSPS) is 13.1. The number of aryl methyl sites for hydroxylation is 1. The predicted molar refractivity (Wildman–Crippen MR) is 103 cm³/mol. The molecule has 0 saturated carbocycles. The van der Waals surface area contributed by atoms with Gasteiger partial charge in [-0.25, -0.2) is 4.68 Å². The molecule has 2 aromatic heterocycles. The molecular weight excluding hydrogens is 445 g/mol. The van der Waals surface area contributed by atoms with Crippen molar-refractivity contribution in [1.82, 2.24) is 9.78 Å². The topological polar surface area (TPSA) is 21.7 Å². The summed E-state index contributed by atoms with van der Waals surface area (Å²) in [4.78, 5) is 0. The van der Waals surface area contributed by atoms with E-state index < -0.39 is 0 Å². The summed E-state index contributed by atoms with van der Waals surface area (Å²) in [7, 11) is 0. The van der Waals surface area contributed by atoms with E-state index in [0.717, 1.165) is 22.8 Å². The van der Waals surface area contributed by atoms with Crippen molar-refractivity contribution < 1.29 is 28.5 Å². The fourth-order valence-electron chi connectivity index (χ4n) is 3.64. The van der Waals surface area contributed by atoms with Crippen LogP contribution in [0.25, 0.3) is 23.0 Å². The Balaban J connectivity index is 0.00000180. The smallest absolute Gasteiger partial charge is 0.261 e. The van der Waals surface area contributed by atoms with Gasteiger partial charge in [0.15, 0.2) is 11.9 Å². The van der Waals surface area contributed by atoms with Crippen molar-refractivity contribution in [3.63, 3.8) is 0 Å². The molecule has 4 heteroatoms. The molecule has 2 aromatic carbocycles. The van der Waals surface area contributed by atoms with Gasteiger partial charge in [-0.3, -0.25) is 0 Å². The van der Waals surface area contributed by atoms with Crippen LogP contribution in [0.3, 0.4) is 0 Å². The lowest BCUT2D eigenvalue weighted by molar-refractivity contribution is -0.594. The Morgan fingerprint density at radius 3 is 2.26 bits per heavy atom. The molecule has 0 fully saturated rings. The SMILES string of the molecule is Cc1nn(-c2ccccc2)c2c1-[n+]1ccccc1C2=Cc1ccccc1.[I-]. The summed E-state index contributed by atoms with van der Waals surface area (Å²) in [5, 5.41) is 4.85. The molecule has 4 aromatic rings. The van der Waals surface area contributed by atoms with E-state index in [-0.39, 0.29) is 24.0 Å². The van der Waals surface area contributed by atoms with Crippen LogP contribution in [0.4, 0.5) is 0 Å². The van der Waals surface area contributed by atoms with Gasteiger partial charge in [0.05, 0.1) is 11.3 Å². The second-order valence-corrected chi connectivity index (χ2v) is 6.45. The average Bonchev–Trinajstić information content (AvgIpc) is 3.20. The molecule has 1 aliphatic heterocycles. The highest BCUT2D eigenvalue weighted by Crippen LogP contribution is 2.36. The maximum atomic E-state index is 4.85. The highest BCUT2D eigenvalue weighted by Gasteiger charge is 2.38. The zero-order valence-electron chi connectivity index (χ0n) is 14.9. The Morgan fingerprint density at radius 2 is 1.52 bits per heavy atom. The molecule has 132 valence electrons. The van der Waals surface area contributed by atoms with Crippen molar-refractivity contribution in [1.29, 1.82) is 0 Å². The number of aromatic nitrogens is 3. The lowest BCUT2D eigenvalue weighted by Gasteiger charge is -2.05. The van der Waals surface area contributed by atoms with Crippen molar-refractivity contribution in [2.75, 3.05) is 0 Å². The van der Waals surface area contributed by atoms with Crippen molar-refractivity contribution in [3.05, 3.63) is 108 Å². The number of nitrogens with zero attached hydrogens (tertiary/aromatic N) is 3. The lowest BCUT2D eigenvalue weighted by Crippen LogP contribution is -3.00. The number of para-hydroxylation sites is 1. The summed E-state index contributed by atoms with van der Waals surface area (Å²) < 4.78 is 4.30. The zero-order chi connectivity index (χ0) is 17.5. The third kappa shape index (κ3) is 2.90. The first-order valence-corrected chi connectivity index (χ1v) is 8.76. The first-order chi connectivity index (χ1) is 12.8. The number of halogens is 1.